The number of rotatable bonds is 4. The highest BCUT2D eigenvalue weighted by Gasteiger charge is 2.35. The second-order valence-electron chi connectivity index (χ2n) is 6.85. The van der Waals surface area contributed by atoms with Crippen LogP contribution in [0.25, 0.3) is 0 Å². The molecule has 0 unspecified atom stereocenters. The minimum absolute atomic E-state index is 0.0137. The quantitative estimate of drug-likeness (QED) is 0.903. The van der Waals surface area contributed by atoms with E-state index in [9.17, 15) is 14.7 Å². The Labute approximate surface area is 148 Å². The number of piperazine rings is 1. The first-order chi connectivity index (χ1) is 12.1. The molecule has 1 saturated heterocycles. The van der Waals surface area contributed by atoms with Crippen molar-refractivity contribution in [1.29, 1.82) is 0 Å². The molecule has 25 heavy (non-hydrogen) atoms. The fourth-order valence-corrected chi connectivity index (χ4v) is 3.75. The largest absolute Gasteiger partial charge is 0.497 e. The molecule has 1 aliphatic carbocycles. The molecule has 6 heteroatoms. The van der Waals surface area contributed by atoms with Crippen molar-refractivity contribution in [3.8, 4) is 5.75 Å². The predicted molar refractivity (Wildman–Crippen MR) is 94.5 cm³/mol. The second kappa shape index (κ2) is 7.87. The lowest BCUT2D eigenvalue weighted by atomic mass is 9.85. The van der Waals surface area contributed by atoms with Gasteiger partial charge in [-0.15, -0.1) is 0 Å². The van der Waals surface area contributed by atoms with Crippen LogP contribution in [0.15, 0.2) is 24.3 Å². The molecule has 0 radical (unpaired) electrons. The van der Waals surface area contributed by atoms with Gasteiger partial charge in [-0.1, -0.05) is 25.3 Å². The highest BCUT2D eigenvalue weighted by molar-refractivity contribution is 5.98. The summed E-state index contributed by atoms with van der Waals surface area (Å²) in [5.74, 6) is 0.290. The van der Waals surface area contributed by atoms with Crippen molar-refractivity contribution in [2.45, 2.75) is 38.2 Å². The molecule has 3 rings (SSSR count). The molecule has 136 valence electrons. The van der Waals surface area contributed by atoms with Gasteiger partial charge in [-0.05, 0) is 30.9 Å². The van der Waals surface area contributed by atoms with E-state index in [-0.39, 0.29) is 24.3 Å². The normalized spacial score (nSPS) is 20.5. The van der Waals surface area contributed by atoms with Crippen LogP contribution in [0.2, 0.25) is 0 Å². The number of aliphatic hydroxyl groups excluding tert-OH is 1. The van der Waals surface area contributed by atoms with E-state index < -0.39 is 6.10 Å². The Kier molecular flexibility index (Phi) is 5.58. The number of hydrogen-bond acceptors (Lipinski definition) is 4. The summed E-state index contributed by atoms with van der Waals surface area (Å²) in [7, 11) is 1.59. The topological polar surface area (TPSA) is 70.1 Å². The molecule has 1 aliphatic heterocycles. The van der Waals surface area contributed by atoms with Crippen molar-refractivity contribution in [2.75, 3.05) is 31.6 Å². The number of hydrogen-bond donors (Lipinski definition) is 1. The number of anilines is 1. The molecule has 1 aromatic carbocycles. The molecule has 1 N–H and O–H groups in total. The number of nitrogens with zero attached hydrogens (tertiary/aromatic N) is 2. The molecular formula is C19H26N2O4. The van der Waals surface area contributed by atoms with Gasteiger partial charge >= 0.3 is 0 Å². The van der Waals surface area contributed by atoms with Gasteiger partial charge in [0.25, 0.3) is 5.91 Å². The first-order valence-corrected chi connectivity index (χ1v) is 9.01. The summed E-state index contributed by atoms with van der Waals surface area (Å²) in [6.07, 6.45) is 4.12. The molecule has 0 aromatic heterocycles. The van der Waals surface area contributed by atoms with Crippen LogP contribution in [0.1, 0.15) is 32.1 Å². The van der Waals surface area contributed by atoms with E-state index in [1.165, 1.54) is 11.3 Å². The maximum absolute atomic E-state index is 12.6. The third-order valence-corrected chi connectivity index (χ3v) is 5.25. The van der Waals surface area contributed by atoms with Crippen LogP contribution < -0.4 is 9.64 Å². The summed E-state index contributed by atoms with van der Waals surface area (Å²) in [4.78, 5) is 28.3. The number of carbonyl (C=O) groups is 2. The lowest BCUT2D eigenvalue weighted by Crippen LogP contribution is -2.55. The van der Waals surface area contributed by atoms with Gasteiger partial charge in [0.1, 0.15) is 18.4 Å². The zero-order valence-corrected chi connectivity index (χ0v) is 14.7. The number of ether oxygens (including phenoxy) is 1. The zero-order chi connectivity index (χ0) is 17.8. The van der Waals surface area contributed by atoms with Crippen LogP contribution >= 0.6 is 0 Å². The van der Waals surface area contributed by atoms with Gasteiger partial charge in [-0.25, -0.2) is 0 Å². The van der Waals surface area contributed by atoms with Crippen LogP contribution in [0.4, 0.5) is 5.69 Å². The average molecular weight is 346 g/mol. The fourth-order valence-electron chi connectivity index (χ4n) is 3.75. The minimum atomic E-state index is -0.975. The number of methoxy groups -OCH3 is 1. The van der Waals surface area contributed by atoms with Crippen molar-refractivity contribution >= 4 is 17.5 Å². The Balaban J connectivity index is 1.62. The Morgan fingerprint density at radius 1 is 1.24 bits per heavy atom. The van der Waals surface area contributed by atoms with Crippen LogP contribution in [0, 0.1) is 5.92 Å². The Morgan fingerprint density at radius 3 is 2.68 bits per heavy atom. The number of benzene rings is 1. The highest BCUT2D eigenvalue weighted by atomic mass is 16.5. The van der Waals surface area contributed by atoms with Crippen LogP contribution in [-0.4, -0.2) is 54.7 Å². The first-order valence-electron chi connectivity index (χ1n) is 9.01. The average Bonchev–Trinajstić information content (AvgIpc) is 2.67. The van der Waals surface area contributed by atoms with Crippen LogP contribution in [-0.2, 0) is 9.59 Å². The highest BCUT2D eigenvalue weighted by Crippen LogP contribution is 2.28. The van der Waals surface area contributed by atoms with E-state index in [4.69, 9.17) is 4.74 Å². The molecule has 0 bridgehead atoms. The van der Waals surface area contributed by atoms with Gasteiger partial charge in [-0.2, -0.15) is 0 Å². The number of amides is 2. The SMILES string of the molecule is COc1cccc(N2CCN(C(=O)[C@H](O)C3CCCCC3)CC2=O)c1. The van der Waals surface area contributed by atoms with E-state index in [0.29, 0.717) is 18.8 Å². The molecule has 1 heterocycles. The molecule has 2 fully saturated rings. The Hall–Kier alpha value is -2.08. The summed E-state index contributed by atoms with van der Waals surface area (Å²) in [6, 6.07) is 7.33. The Bertz CT molecular complexity index is 628. The number of aliphatic hydroxyl groups is 1. The Morgan fingerprint density at radius 2 is 2.00 bits per heavy atom. The van der Waals surface area contributed by atoms with Crippen molar-refractivity contribution < 1.29 is 19.4 Å². The lowest BCUT2D eigenvalue weighted by molar-refractivity contribution is -0.147. The van der Waals surface area contributed by atoms with Gasteiger partial charge in [-0.3, -0.25) is 9.59 Å². The van der Waals surface area contributed by atoms with Crippen LogP contribution in [0.5, 0.6) is 5.75 Å². The standard InChI is InChI=1S/C19H26N2O4/c1-25-16-9-5-8-15(12-16)21-11-10-20(13-17(21)22)19(24)18(23)14-6-3-2-4-7-14/h5,8-9,12,14,18,23H,2-4,6-7,10-11,13H2,1H3/t18-/m1/s1. The van der Waals surface area contributed by atoms with E-state index in [1.54, 1.807) is 12.0 Å². The van der Waals surface area contributed by atoms with Crippen molar-refractivity contribution in [3.63, 3.8) is 0 Å². The van der Waals surface area contributed by atoms with E-state index >= 15 is 0 Å². The van der Waals surface area contributed by atoms with E-state index in [2.05, 4.69) is 0 Å². The first kappa shape index (κ1) is 17.7. The molecular weight excluding hydrogens is 320 g/mol. The summed E-state index contributed by atoms with van der Waals surface area (Å²) < 4.78 is 5.20. The summed E-state index contributed by atoms with van der Waals surface area (Å²) in [5.41, 5.74) is 0.768. The van der Waals surface area contributed by atoms with Gasteiger partial charge < -0.3 is 19.6 Å². The third-order valence-electron chi connectivity index (χ3n) is 5.25. The van der Waals surface area contributed by atoms with Gasteiger partial charge in [0.2, 0.25) is 5.91 Å². The zero-order valence-electron chi connectivity index (χ0n) is 14.7. The number of carbonyl (C=O) groups excluding carboxylic acids is 2. The van der Waals surface area contributed by atoms with Crippen LogP contribution in [0.3, 0.4) is 0 Å². The van der Waals surface area contributed by atoms with Gasteiger partial charge in [0.05, 0.1) is 7.11 Å². The fraction of sp³-hybridized carbons (Fsp3) is 0.579. The molecule has 1 aromatic rings. The molecule has 0 spiro atoms. The molecule has 1 atom stereocenters. The second-order valence-corrected chi connectivity index (χ2v) is 6.85. The van der Waals surface area contributed by atoms with Crippen molar-refractivity contribution in [3.05, 3.63) is 24.3 Å². The summed E-state index contributed by atoms with van der Waals surface area (Å²) in [6.45, 7) is 0.876. The van der Waals surface area contributed by atoms with Gasteiger partial charge in [0.15, 0.2) is 0 Å². The maximum Gasteiger partial charge on any atom is 0.252 e. The van der Waals surface area contributed by atoms with E-state index in [1.807, 2.05) is 24.3 Å². The maximum atomic E-state index is 12.6. The predicted octanol–water partition coefficient (Wildman–Crippen LogP) is 1.81. The summed E-state index contributed by atoms with van der Waals surface area (Å²) in [5, 5.41) is 10.4. The summed E-state index contributed by atoms with van der Waals surface area (Å²) >= 11 is 0. The smallest absolute Gasteiger partial charge is 0.252 e. The monoisotopic (exact) mass is 346 g/mol. The minimum Gasteiger partial charge on any atom is -0.497 e. The third kappa shape index (κ3) is 3.95. The molecule has 1 saturated carbocycles. The lowest BCUT2D eigenvalue weighted by Gasteiger charge is -2.37. The van der Waals surface area contributed by atoms with Gasteiger partial charge in [0, 0.05) is 24.8 Å². The molecule has 6 nitrogen and oxygen atoms in total. The van der Waals surface area contributed by atoms with E-state index in [0.717, 1.165) is 31.4 Å². The van der Waals surface area contributed by atoms with Crippen molar-refractivity contribution in [2.24, 2.45) is 5.92 Å². The van der Waals surface area contributed by atoms with Crippen molar-refractivity contribution in [1.82, 2.24) is 4.90 Å². The molecule has 2 amide bonds. The molecule has 2 aliphatic rings.